The van der Waals surface area contributed by atoms with Gasteiger partial charge in [0.25, 0.3) is 5.92 Å². The lowest BCUT2D eigenvalue weighted by molar-refractivity contribution is -0.140. The van der Waals surface area contributed by atoms with Crippen molar-refractivity contribution in [2.75, 3.05) is 32.7 Å². The minimum atomic E-state index is -3.51. The molecule has 3 saturated heterocycles. The van der Waals surface area contributed by atoms with Crippen LogP contribution >= 0.6 is 0 Å². The summed E-state index contributed by atoms with van der Waals surface area (Å²) in [6, 6.07) is 7.01. The molecule has 7 nitrogen and oxygen atoms in total. The van der Waals surface area contributed by atoms with Gasteiger partial charge in [0.2, 0.25) is 15.9 Å². The van der Waals surface area contributed by atoms with Crippen molar-refractivity contribution in [1.82, 2.24) is 19.6 Å². The number of hydrogen-bond acceptors (Lipinski definition) is 5. The maximum atomic E-state index is 14.6. The molecule has 1 aromatic rings. The lowest BCUT2D eigenvalue weighted by atomic mass is 9.74. The number of rotatable bonds is 7. The van der Waals surface area contributed by atoms with Gasteiger partial charge in [0.1, 0.15) is 0 Å². The lowest BCUT2D eigenvalue weighted by Crippen LogP contribution is -2.51. The number of halogens is 2. The van der Waals surface area contributed by atoms with E-state index in [1.807, 2.05) is 18.9 Å². The number of piperidine rings is 2. The van der Waals surface area contributed by atoms with Crippen LogP contribution in [0.3, 0.4) is 0 Å². The first-order valence-corrected chi connectivity index (χ1v) is 14.3. The van der Waals surface area contributed by atoms with Gasteiger partial charge >= 0.3 is 0 Å². The van der Waals surface area contributed by atoms with Crippen molar-refractivity contribution >= 4 is 15.9 Å². The quantitative estimate of drug-likeness (QED) is 0.608. The Bertz CT molecular complexity index is 976. The zero-order valence-corrected chi connectivity index (χ0v) is 21.7. The number of amides is 1. The van der Waals surface area contributed by atoms with E-state index in [1.165, 1.54) is 0 Å². The van der Waals surface area contributed by atoms with Gasteiger partial charge in [0.15, 0.2) is 0 Å². The Morgan fingerprint density at radius 2 is 1.66 bits per heavy atom. The van der Waals surface area contributed by atoms with Gasteiger partial charge < -0.3 is 4.90 Å². The minimum absolute atomic E-state index is 0.203. The zero-order valence-electron chi connectivity index (χ0n) is 20.9. The smallest absolute Gasteiger partial charge is 0.262 e. The van der Waals surface area contributed by atoms with Gasteiger partial charge in [0, 0.05) is 45.7 Å². The molecule has 0 saturated carbocycles. The number of sulfonamides is 1. The molecule has 1 N–H and O–H groups in total. The summed E-state index contributed by atoms with van der Waals surface area (Å²) in [5, 5.41) is 1.87. The maximum absolute atomic E-state index is 14.6. The first kappa shape index (κ1) is 26.4. The van der Waals surface area contributed by atoms with Crippen molar-refractivity contribution in [3.63, 3.8) is 0 Å². The molecule has 0 aliphatic carbocycles. The molecule has 196 valence electrons. The Balaban J connectivity index is 1.45. The van der Waals surface area contributed by atoms with Crippen molar-refractivity contribution in [2.24, 2.45) is 17.8 Å². The highest BCUT2D eigenvalue weighted by Gasteiger charge is 2.56. The molecule has 3 fully saturated rings. The second kappa shape index (κ2) is 10.4. The predicted octanol–water partition coefficient (Wildman–Crippen LogP) is 3.19. The van der Waals surface area contributed by atoms with Gasteiger partial charge in [0.05, 0.1) is 16.9 Å². The fraction of sp³-hybridized carbons (Fsp3) is 0.720. The number of hydrogen-bond donors (Lipinski definition) is 1. The van der Waals surface area contributed by atoms with E-state index < -0.39 is 27.9 Å². The van der Waals surface area contributed by atoms with Gasteiger partial charge in [-0.3, -0.25) is 4.79 Å². The summed E-state index contributed by atoms with van der Waals surface area (Å²) in [4.78, 5) is 15.3. The summed E-state index contributed by atoms with van der Waals surface area (Å²) >= 11 is 0. The molecule has 4 rings (SSSR count). The summed E-state index contributed by atoms with van der Waals surface area (Å²) in [5.41, 5.74) is 2.98. The second-order valence-corrected chi connectivity index (χ2v) is 12.1. The zero-order chi connectivity index (χ0) is 25.4. The van der Waals surface area contributed by atoms with E-state index in [0.29, 0.717) is 50.0 Å². The van der Waals surface area contributed by atoms with Crippen LogP contribution in [0.4, 0.5) is 8.78 Å². The Morgan fingerprint density at radius 3 is 2.23 bits per heavy atom. The Labute approximate surface area is 207 Å². The third kappa shape index (κ3) is 5.26. The van der Waals surface area contributed by atoms with Crippen LogP contribution in [0.2, 0.25) is 0 Å². The van der Waals surface area contributed by atoms with E-state index in [2.05, 4.69) is 5.43 Å². The fourth-order valence-corrected chi connectivity index (χ4v) is 7.74. The summed E-state index contributed by atoms with van der Waals surface area (Å²) in [6.45, 7) is 7.18. The second-order valence-electron chi connectivity index (χ2n) is 10.2. The van der Waals surface area contributed by atoms with Crippen LogP contribution < -0.4 is 5.43 Å². The minimum Gasteiger partial charge on any atom is -0.343 e. The van der Waals surface area contributed by atoms with Gasteiger partial charge in [-0.2, -0.15) is 4.31 Å². The van der Waals surface area contributed by atoms with Gasteiger partial charge in [-0.05, 0) is 63.5 Å². The molecular weight excluding hydrogens is 474 g/mol. The molecule has 0 radical (unpaired) electrons. The molecule has 10 heteroatoms. The average molecular weight is 513 g/mol. The standard InChI is InChI=1S/C25H38F2N4O3S/c1-4-29(5-2)24(32)22-21-17-19(13-16-31(21)28-23(22)25(3,26)27)18-11-14-30(15-12-18)35(33,34)20-9-7-6-8-10-20/h6-10,18-19,21-23,28H,4-5,11-17H2,1-3H3. The molecule has 0 spiro atoms. The molecular formula is C25H38F2N4O3S. The third-order valence-electron chi connectivity index (χ3n) is 8.22. The fourth-order valence-electron chi connectivity index (χ4n) is 6.25. The summed E-state index contributed by atoms with van der Waals surface area (Å²) < 4.78 is 56.7. The van der Waals surface area contributed by atoms with Crippen LogP contribution in [0.15, 0.2) is 35.2 Å². The number of carbonyl (C=O) groups excluding carboxylic acids is 1. The van der Waals surface area contributed by atoms with Crippen LogP contribution in [0.25, 0.3) is 0 Å². The molecule has 1 aromatic carbocycles. The molecule has 0 aromatic heterocycles. The molecule has 4 unspecified atom stereocenters. The molecule has 35 heavy (non-hydrogen) atoms. The highest BCUT2D eigenvalue weighted by Crippen LogP contribution is 2.43. The Hall–Kier alpha value is -1.62. The molecule has 3 aliphatic rings. The van der Waals surface area contributed by atoms with Crippen LogP contribution in [-0.2, 0) is 14.8 Å². The normalized spacial score (nSPS) is 29.2. The van der Waals surface area contributed by atoms with Gasteiger partial charge in [-0.25, -0.2) is 27.6 Å². The van der Waals surface area contributed by atoms with Gasteiger partial charge in [-0.15, -0.1) is 0 Å². The van der Waals surface area contributed by atoms with E-state index in [0.717, 1.165) is 26.2 Å². The number of carbonyl (C=O) groups is 1. The number of nitrogens with zero attached hydrogens (tertiary/aromatic N) is 3. The number of hydrazine groups is 1. The SMILES string of the molecule is CCN(CC)C(=O)C1C2CC(C3CCN(S(=O)(=O)c4ccccc4)CC3)CCN2NC1C(C)(F)F. The van der Waals surface area contributed by atoms with Crippen molar-refractivity contribution in [3.05, 3.63) is 30.3 Å². The molecule has 0 bridgehead atoms. The van der Waals surface area contributed by atoms with E-state index in [4.69, 9.17) is 0 Å². The lowest BCUT2D eigenvalue weighted by Gasteiger charge is -2.42. The first-order valence-electron chi connectivity index (χ1n) is 12.8. The monoisotopic (exact) mass is 512 g/mol. The van der Waals surface area contributed by atoms with E-state index in [9.17, 15) is 22.0 Å². The highest BCUT2D eigenvalue weighted by atomic mass is 32.2. The van der Waals surface area contributed by atoms with Crippen molar-refractivity contribution in [2.45, 2.75) is 69.4 Å². The van der Waals surface area contributed by atoms with E-state index in [-0.39, 0.29) is 17.9 Å². The maximum Gasteiger partial charge on any atom is 0.262 e. The largest absolute Gasteiger partial charge is 0.343 e. The van der Waals surface area contributed by atoms with Crippen molar-refractivity contribution < 1.29 is 22.0 Å². The van der Waals surface area contributed by atoms with Crippen molar-refractivity contribution in [3.8, 4) is 0 Å². The Morgan fingerprint density at radius 1 is 1.06 bits per heavy atom. The summed E-state index contributed by atoms with van der Waals surface area (Å²) in [7, 11) is -3.51. The van der Waals surface area contributed by atoms with Crippen LogP contribution in [0, 0.1) is 17.8 Å². The molecule has 3 heterocycles. The van der Waals surface area contributed by atoms with Crippen LogP contribution in [-0.4, -0.2) is 79.3 Å². The van der Waals surface area contributed by atoms with E-state index in [1.54, 1.807) is 39.5 Å². The van der Waals surface area contributed by atoms with E-state index >= 15 is 0 Å². The first-order chi connectivity index (χ1) is 16.6. The van der Waals surface area contributed by atoms with Crippen molar-refractivity contribution in [1.29, 1.82) is 0 Å². The molecule has 3 aliphatic heterocycles. The average Bonchev–Trinajstić information content (AvgIpc) is 3.25. The van der Waals surface area contributed by atoms with Gasteiger partial charge in [-0.1, -0.05) is 18.2 Å². The number of alkyl halides is 2. The topological polar surface area (TPSA) is 73.0 Å². The number of nitrogens with one attached hydrogen (secondary N) is 1. The third-order valence-corrected chi connectivity index (χ3v) is 10.1. The Kier molecular flexibility index (Phi) is 7.85. The molecule has 1 amide bonds. The summed E-state index contributed by atoms with van der Waals surface area (Å²) in [5.74, 6) is -3.40. The molecule has 4 atom stereocenters. The van der Waals surface area contributed by atoms with Crippen LogP contribution in [0.1, 0.15) is 46.5 Å². The highest BCUT2D eigenvalue weighted by molar-refractivity contribution is 7.89. The van der Waals surface area contributed by atoms with Crippen LogP contribution in [0.5, 0.6) is 0 Å². The number of fused-ring (bicyclic) bond motifs is 1. The summed E-state index contributed by atoms with van der Waals surface area (Å²) in [6.07, 6.45) is 3.03. The predicted molar refractivity (Wildman–Crippen MR) is 130 cm³/mol. The number of benzene rings is 1.